The Hall–Kier alpha value is -2.12. The van der Waals surface area contributed by atoms with Crippen LogP contribution in [0.2, 0.25) is 0 Å². The zero-order valence-corrected chi connectivity index (χ0v) is 8.84. The molecule has 0 aromatic heterocycles. The molecule has 0 saturated heterocycles. The molecule has 1 aromatic carbocycles. The van der Waals surface area contributed by atoms with E-state index in [0.717, 1.165) is 12.1 Å². The SMILES string of the molecule is NC(=O)CNC(=O)c1cccc(C(F)(F)F)c1F. The van der Waals surface area contributed by atoms with Crippen LogP contribution in [0.5, 0.6) is 0 Å². The van der Waals surface area contributed by atoms with Gasteiger partial charge in [-0.3, -0.25) is 9.59 Å². The summed E-state index contributed by atoms with van der Waals surface area (Å²) in [5.41, 5.74) is 2.38. The average molecular weight is 264 g/mol. The fraction of sp³-hybridized carbons (Fsp3) is 0.200. The maximum atomic E-state index is 13.4. The summed E-state index contributed by atoms with van der Waals surface area (Å²) in [7, 11) is 0. The summed E-state index contributed by atoms with van der Waals surface area (Å²) in [5.74, 6) is -3.72. The maximum absolute atomic E-state index is 13.4. The molecule has 0 aliphatic rings. The van der Waals surface area contributed by atoms with Crippen molar-refractivity contribution < 1.29 is 27.2 Å². The minimum atomic E-state index is -4.90. The molecule has 0 aliphatic heterocycles. The van der Waals surface area contributed by atoms with Crippen LogP contribution in [-0.2, 0) is 11.0 Å². The highest BCUT2D eigenvalue weighted by molar-refractivity contribution is 5.96. The van der Waals surface area contributed by atoms with E-state index in [1.54, 1.807) is 0 Å². The van der Waals surface area contributed by atoms with Crippen LogP contribution in [0.3, 0.4) is 0 Å². The van der Waals surface area contributed by atoms with Crippen molar-refractivity contribution in [2.45, 2.75) is 6.18 Å². The summed E-state index contributed by atoms with van der Waals surface area (Å²) >= 11 is 0. The minimum absolute atomic E-state index is 0.514. The number of amides is 2. The molecule has 0 radical (unpaired) electrons. The Morgan fingerprint density at radius 3 is 2.39 bits per heavy atom. The third kappa shape index (κ3) is 3.19. The molecule has 0 atom stereocenters. The van der Waals surface area contributed by atoms with Crippen molar-refractivity contribution in [2.75, 3.05) is 6.54 Å². The molecule has 0 fully saturated rings. The van der Waals surface area contributed by atoms with E-state index in [1.165, 1.54) is 0 Å². The lowest BCUT2D eigenvalue weighted by Gasteiger charge is -2.10. The average Bonchev–Trinajstić information content (AvgIpc) is 2.24. The smallest absolute Gasteiger partial charge is 0.368 e. The van der Waals surface area contributed by atoms with Gasteiger partial charge in [0.25, 0.3) is 5.91 Å². The largest absolute Gasteiger partial charge is 0.419 e. The molecule has 98 valence electrons. The number of halogens is 4. The van der Waals surface area contributed by atoms with Crippen molar-refractivity contribution in [1.29, 1.82) is 0 Å². The van der Waals surface area contributed by atoms with Crippen molar-refractivity contribution in [3.05, 3.63) is 35.1 Å². The second kappa shape index (κ2) is 5.03. The minimum Gasteiger partial charge on any atom is -0.368 e. The standard InChI is InChI=1S/C10H8F4N2O2/c11-8-5(9(18)16-4-7(15)17)2-1-3-6(8)10(12,13)14/h1-3H,4H2,(H2,15,17)(H,16,18). The fourth-order valence-corrected chi connectivity index (χ4v) is 1.19. The molecular weight excluding hydrogens is 256 g/mol. The van der Waals surface area contributed by atoms with Gasteiger partial charge in [-0.05, 0) is 12.1 Å². The Bertz CT molecular complexity index is 485. The maximum Gasteiger partial charge on any atom is 0.419 e. The number of carbonyl (C=O) groups is 2. The molecule has 8 heteroatoms. The van der Waals surface area contributed by atoms with Gasteiger partial charge in [0.15, 0.2) is 0 Å². The van der Waals surface area contributed by atoms with Crippen molar-refractivity contribution in [1.82, 2.24) is 5.32 Å². The predicted molar refractivity (Wildman–Crippen MR) is 52.9 cm³/mol. The highest BCUT2D eigenvalue weighted by Crippen LogP contribution is 2.32. The van der Waals surface area contributed by atoms with E-state index >= 15 is 0 Å². The Morgan fingerprint density at radius 1 is 1.28 bits per heavy atom. The molecule has 0 saturated carbocycles. The van der Waals surface area contributed by atoms with E-state index in [9.17, 15) is 27.2 Å². The van der Waals surface area contributed by atoms with Gasteiger partial charge in [-0.1, -0.05) is 6.07 Å². The first kappa shape index (κ1) is 13.9. The lowest BCUT2D eigenvalue weighted by atomic mass is 10.1. The molecule has 0 heterocycles. The molecule has 0 bridgehead atoms. The monoisotopic (exact) mass is 264 g/mol. The van der Waals surface area contributed by atoms with Crippen molar-refractivity contribution in [3.8, 4) is 0 Å². The van der Waals surface area contributed by atoms with Crippen LogP contribution in [0, 0.1) is 5.82 Å². The summed E-state index contributed by atoms with van der Waals surface area (Å²) in [6.45, 7) is -0.589. The fourth-order valence-electron chi connectivity index (χ4n) is 1.19. The molecule has 1 rings (SSSR count). The third-order valence-corrected chi connectivity index (χ3v) is 1.97. The number of rotatable bonds is 3. The van der Waals surface area contributed by atoms with Crippen molar-refractivity contribution in [3.63, 3.8) is 0 Å². The molecule has 0 aliphatic carbocycles. The summed E-state index contributed by atoms with van der Waals surface area (Å²) in [4.78, 5) is 21.7. The number of hydrogen-bond acceptors (Lipinski definition) is 2. The summed E-state index contributed by atoms with van der Waals surface area (Å²) in [6.07, 6.45) is -4.90. The number of alkyl halides is 3. The van der Waals surface area contributed by atoms with Crippen LogP contribution in [-0.4, -0.2) is 18.4 Å². The van der Waals surface area contributed by atoms with Gasteiger partial charge in [0.05, 0.1) is 17.7 Å². The van der Waals surface area contributed by atoms with E-state index < -0.39 is 41.5 Å². The molecule has 4 nitrogen and oxygen atoms in total. The van der Waals surface area contributed by atoms with E-state index in [4.69, 9.17) is 5.73 Å². The highest BCUT2D eigenvalue weighted by atomic mass is 19.4. The first-order valence-electron chi connectivity index (χ1n) is 4.65. The van der Waals surface area contributed by atoms with Crippen LogP contribution in [0.25, 0.3) is 0 Å². The lowest BCUT2D eigenvalue weighted by molar-refractivity contribution is -0.140. The van der Waals surface area contributed by atoms with E-state index in [0.29, 0.717) is 6.07 Å². The van der Waals surface area contributed by atoms with Gasteiger partial charge in [0, 0.05) is 0 Å². The van der Waals surface area contributed by atoms with Gasteiger partial charge in [-0.25, -0.2) is 4.39 Å². The van der Waals surface area contributed by atoms with Gasteiger partial charge in [0.2, 0.25) is 5.91 Å². The lowest BCUT2D eigenvalue weighted by Crippen LogP contribution is -2.34. The Morgan fingerprint density at radius 2 is 1.89 bits per heavy atom. The van der Waals surface area contributed by atoms with Gasteiger partial charge in [0.1, 0.15) is 5.82 Å². The molecule has 18 heavy (non-hydrogen) atoms. The Balaban J connectivity index is 3.04. The third-order valence-electron chi connectivity index (χ3n) is 1.97. The number of nitrogens with one attached hydrogen (secondary N) is 1. The summed E-state index contributed by atoms with van der Waals surface area (Å²) in [5, 5.41) is 1.90. The number of nitrogens with two attached hydrogens (primary N) is 1. The van der Waals surface area contributed by atoms with Crippen molar-refractivity contribution in [2.24, 2.45) is 5.73 Å². The zero-order chi connectivity index (χ0) is 13.9. The van der Waals surface area contributed by atoms with Gasteiger partial charge >= 0.3 is 6.18 Å². The normalized spacial score (nSPS) is 11.1. The van der Waals surface area contributed by atoms with Gasteiger partial charge < -0.3 is 11.1 Å². The number of carbonyl (C=O) groups excluding carboxylic acids is 2. The number of benzene rings is 1. The molecule has 0 spiro atoms. The van der Waals surface area contributed by atoms with E-state index in [2.05, 4.69) is 0 Å². The van der Waals surface area contributed by atoms with E-state index in [-0.39, 0.29) is 0 Å². The quantitative estimate of drug-likeness (QED) is 0.801. The zero-order valence-electron chi connectivity index (χ0n) is 8.84. The topological polar surface area (TPSA) is 72.2 Å². The van der Waals surface area contributed by atoms with Crippen LogP contribution in [0.15, 0.2) is 18.2 Å². The Labute approximate surface area is 98.8 Å². The molecule has 1 aromatic rings. The predicted octanol–water partition coefficient (Wildman–Crippen LogP) is 1.06. The summed E-state index contributed by atoms with van der Waals surface area (Å²) < 4.78 is 50.5. The second-order valence-electron chi connectivity index (χ2n) is 3.31. The first-order chi connectivity index (χ1) is 8.23. The Kier molecular flexibility index (Phi) is 3.89. The number of hydrogen-bond donors (Lipinski definition) is 2. The molecule has 0 unspecified atom stereocenters. The highest BCUT2D eigenvalue weighted by Gasteiger charge is 2.35. The molecule has 3 N–H and O–H groups in total. The van der Waals surface area contributed by atoms with E-state index in [1.807, 2.05) is 5.32 Å². The molecule has 2 amide bonds. The second-order valence-corrected chi connectivity index (χ2v) is 3.31. The van der Waals surface area contributed by atoms with Crippen LogP contribution >= 0.6 is 0 Å². The first-order valence-corrected chi connectivity index (χ1v) is 4.65. The van der Waals surface area contributed by atoms with Crippen LogP contribution in [0.4, 0.5) is 17.6 Å². The summed E-state index contributed by atoms with van der Waals surface area (Å²) in [6, 6.07) is 2.28. The van der Waals surface area contributed by atoms with Crippen LogP contribution in [0.1, 0.15) is 15.9 Å². The molecular formula is C10H8F4N2O2. The van der Waals surface area contributed by atoms with Gasteiger partial charge in [-0.2, -0.15) is 13.2 Å². The van der Waals surface area contributed by atoms with Crippen molar-refractivity contribution >= 4 is 11.8 Å². The van der Waals surface area contributed by atoms with Gasteiger partial charge in [-0.15, -0.1) is 0 Å². The number of primary amides is 1. The van der Waals surface area contributed by atoms with Crippen LogP contribution < -0.4 is 11.1 Å².